The molecule has 0 spiro atoms. The summed E-state index contributed by atoms with van der Waals surface area (Å²) >= 11 is 0. The molecule has 0 radical (unpaired) electrons. The third-order valence-corrected chi connectivity index (χ3v) is 6.01. The number of carboxylic acids is 1. The number of aromatic amines is 2. The van der Waals surface area contributed by atoms with Crippen molar-refractivity contribution in [2.75, 3.05) is 0 Å². The number of rotatable bonds is 6. The third kappa shape index (κ3) is 3.71. The molecule has 3 N–H and O–H groups in total. The normalized spacial score (nSPS) is 13.0. The fraction of sp³-hybridized carbons (Fsp3) is 0.0769. The molecule has 1 unspecified atom stereocenters. The summed E-state index contributed by atoms with van der Waals surface area (Å²) in [6.45, 7) is 1.51. The molecule has 9 heteroatoms. The van der Waals surface area contributed by atoms with Gasteiger partial charge in [0.2, 0.25) is 0 Å². The van der Waals surface area contributed by atoms with Gasteiger partial charge in [0.25, 0.3) is 0 Å². The number of fused-ring (bicyclic) bond motifs is 1. The maximum absolute atomic E-state index is 14.8. The molecule has 3 aromatic carbocycles. The average molecular weight is 477 g/mol. The van der Waals surface area contributed by atoms with Crippen LogP contribution in [0, 0.1) is 17.5 Å². The largest absolute Gasteiger partial charge is 0.480 e. The second-order valence-electron chi connectivity index (χ2n) is 8.13. The van der Waals surface area contributed by atoms with Gasteiger partial charge in [0.05, 0.1) is 23.0 Å². The van der Waals surface area contributed by atoms with E-state index < -0.39 is 34.6 Å². The lowest BCUT2D eigenvalue weighted by atomic mass is 9.80. The predicted molar refractivity (Wildman–Crippen MR) is 123 cm³/mol. The summed E-state index contributed by atoms with van der Waals surface area (Å²) in [4.78, 5) is 22.0. The first kappa shape index (κ1) is 22.3. The summed E-state index contributed by atoms with van der Waals surface area (Å²) < 4.78 is 49.4. The molecule has 0 saturated carbocycles. The number of carboxylic acid groups (broad SMARTS) is 1. The first-order valence-electron chi connectivity index (χ1n) is 10.6. The number of carbonyl (C=O) groups is 1. The van der Waals surface area contributed by atoms with Crippen molar-refractivity contribution >= 4 is 16.9 Å². The topological polar surface area (TPSA) is 91.0 Å². The maximum Gasteiger partial charge on any atom is 0.319 e. The zero-order chi connectivity index (χ0) is 24.7. The lowest BCUT2D eigenvalue weighted by Crippen LogP contribution is -2.34. The van der Waals surface area contributed by atoms with Crippen molar-refractivity contribution < 1.29 is 27.8 Å². The van der Waals surface area contributed by atoms with Crippen molar-refractivity contribution in [3.8, 4) is 22.9 Å². The highest BCUT2D eigenvalue weighted by Crippen LogP contribution is 2.36. The van der Waals surface area contributed by atoms with E-state index in [0.717, 1.165) is 12.1 Å². The summed E-state index contributed by atoms with van der Waals surface area (Å²) in [6, 6.07) is 14.6. The molecule has 2 aromatic heterocycles. The van der Waals surface area contributed by atoms with E-state index >= 15 is 0 Å². The van der Waals surface area contributed by atoms with Crippen molar-refractivity contribution in [1.29, 1.82) is 0 Å². The van der Waals surface area contributed by atoms with Crippen molar-refractivity contribution in [1.82, 2.24) is 15.0 Å². The highest BCUT2D eigenvalue weighted by molar-refractivity contribution is 5.85. The Morgan fingerprint density at radius 2 is 1.80 bits per heavy atom. The van der Waals surface area contributed by atoms with E-state index in [0.29, 0.717) is 5.56 Å². The molecule has 6 nitrogen and oxygen atoms in total. The van der Waals surface area contributed by atoms with Gasteiger partial charge in [-0.3, -0.25) is 4.79 Å². The first-order chi connectivity index (χ1) is 16.8. The minimum Gasteiger partial charge on any atom is -0.480 e. The van der Waals surface area contributed by atoms with Gasteiger partial charge in [-0.05, 0) is 36.8 Å². The van der Waals surface area contributed by atoms with Gasteiger partial charge in [-0.15, -0.1) is 0 Å². The van der Waals surface area contributed by atoms with E-state index in [4.69, 9.17) is 4.74 Å². The Hall–Kier alpha value is -4.53. The lowest BCUT2D eigenvalue weighted by molar-refractivity contribution is -0.141. The number of nitrogens with one attached hydrogen (secondary N) is 2. The van der Waals surface area contributed by atoms with Crippen LogP contribution in [0.2, 0.25) is 0 Å². The van der Waals surface area contributed by atoms with Crippen LogP contribution in [0.3, 0.4) is 0 Å². The number of ether oxygens (including phenoxy) is 1. The van der Waals surface area contributed by atoms with E-state index in [1.807, 2.05) is 0 Å². The Balaban J connectivity index is 1.53. The number of aromatic nitrogens is 3. The van der Waals surface area contributed by atoms with E-state index in [9.17, 15) is 23.1 Å². The Morgan fingerprint density at radius 1 is 1.03 bits per heavy atom. The molecule has 0 saturated heterocycles. The summed E-state index contributed by atoms with van der Waals surface area (Å²) in [5, 5.41) is 10.1. The number of benzene rings is 3. The highest BCUT2D eigenvalue weighted by Gasteiger charge is 2.39. The molecule has 0 aliphatic heterocycles. The number of nitrogens with zero attached hydrogens (tertiary/aromatic N) is 1. The van der Waals surface area contributed by atoms with Gasteiger partial charge in [0.1, 0.15) is 22.8 Å². The van der Waals surface area contributed by atoms with Crippen LogP contribution in [0.1, 0.15) is 18.2 Å². The van der Waals surface area contributed by atoms with Crippen LogP contribution in [0.4, 0.5) is 13.2 Å². The number of H-pyrrole nitrogens is 2. The Bertz CT molecular complexity index is 1560. The number of imidazole rings is 1. The van der Waals surface area contributed by atoms with Gasteiger partial charge in [-0.25, -0.2) is 18.2 Å². The zero-order valence-corrected chi connectivity index (χ0v) is 18.3. The molecule has 0 amide bonds. The van der Waals surface area contributed by atoms with Crippen molar-refractivity contribution in [3.05, 3.63) is 102 Å². The molecule has 176 valence electrons. The lowest BCUT2D eigenvalue weighted by Gasteiger charge is -2.23. The standard InChI is InChI=1S/C26H18F3N3O3/c1-26(25(33)34,14-5-3-2-4-6-14)21-13-31-24(32-21)17-11-15(7-8-18(17)27)35-23-19(28)12-20-16(22(23)29)9-10-30-20/h2-13,30H,1H3,(H,31,32)(H,33,34). The minimum absolute atomic E-state index is 0.0314. The number of halogens is 3. The molecular weight excluding hydrogens is 459 g/mol. The number of hydrogen-bond acceptors (Lipinski definition) is 3. The smallest absolute Gasteiger partial charge is 0.319 e. The predicted octanol–water partition coefficient (Wildman–Crippen LogP) is 6.16. The van der Waals surface area contributed by atoms with Crippen molar-refractivity contribution in [3.63, 3.8) is 0 Å². The maximum atomic E-state index is 14.8. The van der Waals surface area contributed by atoms with E-state index in [2.05, 4.69) is 15.0 Å². The third-order valence-electron chi connectivity index (χ3n) is 6.01. The van der Waals surface area contributed by atoms with Crippen molar-refractivity contribution in [2.45, 2.75) is 12.3 Å². The van der Waals surface area contributed by atoms with Crippen LogP contribution in [-0.4, -0.2) is 26.0 Å². The van der Waals surface area contributed by atoms with Crippen LogP contribution in [-0.2, 0) is 10.2 Å². The number of aliphatic carboxylic acids is 1. The first-order valence-corrected chi connectivity index (χ1v) is 10.6. The molecule has 0 aliphatic carbocycles. The molecule has 35 heavy (non-hydrogen) atoms. The van der Waals surface area contributed by atoms with Crippen LogP contribution in [0.15, 0.2) is 73.1 Å². The van der Waals surface area contributed by atoms with Gasteiger partial charge >= 0.3 is 5.97 Å². The zero-order valence-electron chi connectivity index (χ0n) is 18.3. The molecule has 5 aromatic rings. The van der Waals surface area contributed by atoms with Crippen LogP contribution >= 0.6 is 0 Å². The van der Waals surface area contributed by atoms with Crippen LogP contribution < -0.4 is 4.74 Å². The van der Waals surface area contributed by atoms with E-state index in [-0.39, 0.29) is 33.7 Å². The Morgan fingerprint density at radius 3 is 2.54 bits per heavy atom. The average Bonchev–Trinajstić information content (AvgIpc) is 3.53. The summed E-state index contributed by atoms with van der Waals surface area (Å²) in [5.41, 5.74) is -0.526. The van der Waals surface area contributed by atoms with Gasteiger partial charge < -0.3 is 19.8 Å². The molecule has 0 fully saturated rings. The van der Waals surface area contributed by atoms with Gasteiger partial charge in [-0.2, -0.15) is 0 Å². The number of hydrogen-bond donors (Lipinski definition) is 3. The second kappa shape index (κ2) is 8.35. The molecule has 0 bridgehead atoms. The fourth-order valence-electron chi connectivity index (χ4n) is 3.95. The quantitative estimate of drug-likeness (QED) is 0.273. The summed E-state index contributed by atoms with van der Waals surface area (Å²) in [5.74, 6) is -4.25. The molecule has 0 aliphatic rings. The Kier molecular flexibility index (Phi) is 5.32. The van der Waals surface area contributed by atoms with E-state index in [1.165, 1.54) is 37.5 Å². The van der Waals surface area contributed by atoms with Gasteiger partial charge in [-0.1, -0.05) is 30.3 Å². The van der Waals surface area contributed by atoms with Gasteiger partial charge in [0, 0.05) is 17.6 Å². The molecule has 1 atom stereocenters. The summed E-state index contributed by atoms with van der Waals surface area (Å²) in [6.07, 6.45) is 2.80. The fourth-order valence-corrected chi connectivity index (χ4v) is 3.95. The second-order valence-corrected chi connectivity index (χ2v) is 8.13. The Labute approximate surface area is 197 Å². The monoisotopic (exact) mass is 477 g/mol. The van der Waals surface area contributed by atoms with Crippen LogP contribution in [0.25, 0.3) is 22.3 Å². The van der Waals surface area contributed by atoms with Crippen LogP contribution in [0.5, 0.6) is 11.5 Å². The van der Waals surface area contributed by atoms with E-state index in [1.54, 1.807) is 30.3 Å². The van der Waals surface area contributed by atoms with Crippen molar-refractivity contribution in [2.24, 2.45) is 0 Å². The summed E-state index contributed by atoms with van der Waals surface area (Å²) in [7, 11) is 0. The van der Waals surface area contributed by atoms with Gasteiger partial charge in [0.15, 0.2) is 17.4 Å². The molecule has 5 rings (SSSR count). The molecule has 2 heterocycles. The molecular formula is C26H18F3N3O3. The SMILES string of the molecule is CC(C(=O)O)(c1ccccc1)c1cnc(-c2cc(Oc3c(F)cc4[nH]ccc4c3F)ccc2F)[nH]1. The minimum atomic E-state index is -1.48. The highest BCUT2D eigenvalue weighted by atomic mass is 19.1.